The van der Waals surface area contributed by atoms with Crippen LogP contribution in [-0.2, 0) is 38.3 Å². The molecule has 4 heterocycles. The van der Waals surface area contributed by atoms with E-state index >= 15 is 0 Å². The number of ether oxygens (including phenoxy) is 3. The number of benzene rings is 2. The number of likely N-dealkylation sites (tertiary alicyclic amines) is 1. The molecule has 2 saturated heterocycles. The number of hydrogen-bond acceptors (Lipinski definition) is 11. The number of fused-ring (bicyclic) bond motifs is 1. The fraction of sp³-hybridized carbons (Fsp3) is 0.591. The molecule has 2 aromatic carbocycles. The van der Waals surface area contributed by atoms with E-state index < -0.39 is 0 Å². The van der Waals surface area contributed by atoms with Crippen LogP contribution in [0.15, 0.2) is 41.8 Å². The van der Waals surface area contributed by atoms with Gasteiger partial charge in [-0.15, -0.1) is 11.3 Å². The summed E-state index contributed by atoms with van der Waals surface area (Å²) in [6.45, 7) is 15.9. The van der Waals surface area contributed by atoms with Gasteiger partial charge in [0.15, 0.2) is 12.4 Å². The molecule has 3 aliphatic rings. The lowest BCUT2D eigenvalue weighted by atomic mass is 9.89. The summed E-state index contributed by atoms with van der Waals surface area (Å²) in [4.78, 5) is 49.2. The van der Waals surface area contributed by atoms with Gasteiger partial charge in [-0.3, -0.25) is 14.4 Å². The van der Waals surface area contributed by atoms with Gasteiger partial charge in [0.2, 0.25) is 5.91 Å². The number of carbonyl (C=O) groups excluding carboxylic acids is 3. The SMILES string of the molecule is CC[C@@H](C)N(CCNCCc1ccc(O)c2c1OCC(=O)N2)C(=O)CCOCCc1cccc(CCN2CCC3(CC2)CN(C(=O)c2csc(C(C)C)n2)CCO3)c1. The molecule has 58 heavy (non-hydrogen) atoms. The second kappa shape index (κ2) is 20.7. The van der Waals surface area contributed by atoms with Crippen molar-refractivity contribution in [3.63, 3.8) is 0 Å². The number of phenolic OH excluding ortho intramolecular Hbond substituents is 1. The molecule has 1 atom stereocenters. The Morgan fingerprint density at radius 2 is 1.86 bits per heavy atom. The summed E-state index contributed by atoms with van der Waals surface area (Å²) in [5, 5.41) is 19.1. The molecule has 0 aliphatic carbocycles. The Morgan fingerprint density at radius 3 is 2.62 bits per heavy atom. The van der Waals surface area contributed by atoms with Crippen LogP contribution in [-0.4, -0.2) is 133 Å². The first-order chi connectivity index (χ1) is 28.0. The Kier molecular flexibility index (Phi) is 15.6. The number of morpholine rings is 1. The average Bonchev–Trinajstić information content (AvgIpc) is 3.73. The molecule has 3 amide bonds. The number of nitrogens with zero attached hydrogens (tertiary/aromatic N) is 4. The molecular formula is C44H62N6O7S. The molecule has 13 nitrogen and oxygen atoms in total. The van der Waals surface area contributed by atoms with Gasteiger partial charge in [0.05, 0.1) is 43.4 Å². The maximum atomic E-state index is 13.3. The van der Waals surface area contributed by atoms with Crippen molar-refractivity contribution in [3.8, 4) is 11.5 Å². The van der Waals surface area contributed by atoms with Gasteiger partial charge in [-0.25, -0.2) is 4.98 Å². The lowest BCUT2D eigenvalue weighted by Gasteiger charge is -2.47. The number of anilines is 1. The molecule has 2 fully saturated rings. The molecule has 0 bridgehead atoms. The predicted octanol–water partition coefficient (Wildman–Crippen LogP) is 5.26. The van der Waals surface area contributed by atoms with E-state index in [1.165, 1.54) is 11.1 Å². The van der Waals surface area contributed by atoms with Gasteiger partial charge in [0.1, 0.15) is 17.1 Å². The number of hydrogen-bond donors (Lipinski definition) is 3. The normalized spacial score (nSPS) is 17.2. The number of aromatic nitrogens is 1. The largest absolute Gasteiger partial charge is 0.506 e. The van der Waals surface area contributed by atoms with E-state index in [0.717, 1.165) is 62.3 Å². The molecule has 316 valence electrons. The molecule has 0 radical (unpaired) electrons. The first-order valence-electron chi connectivity index (χ1n) is 21.1. The molecule has 3 N–H and O–H groups in total. The van der Waals surface area contributed by atoms with Crippen molar-refractivity contribution in [2.45, 2.75) is 90.2 Å². The summed E-state index contributed by atoms with van der Waals surface area (Å²) in [6, 6.07) is 12.2. The fourth-order valence-electron chi connectivity index (χ4n) is 7.91. The van der Waals surface area contributed by atoms with Crippen LogP contribution in [0.2, 0.25) is 0 Å². The smallest absolute Gasteiger partial charge is 0.273 e. The minimum Gasteiger partial charge on any atom is -0.506 e. The maximum absolute atomic E-state index is 13.3. The highest BCUT2D eigenvalue weighted by Crippen LogP contribution is 2.39. The van der Waals surface area contributed by atoms with Crippen molar-refractivity contribution >= 4 is 34.7 Å². The van der Waals surface area contributed by atoms with E-state index in [1.807, 2.05) is 21.2 Å². The second-order valence-electron chi connectivity index (χ2n) is 16.1. The first kappa shape index (κ1) is 43.5. The zero-order chi connectivity index (χ0) is 41.1. The van der Waals surface area contributed by atoms with Gasteiger partial charge in [-0.1, -0.05) is 51.1 Å². The Labute approximate surface area is 347 Å². The lowest BCUT2D eigenvalue weighted by molar-refractivity contribution is -0.134. The summed E-state index contributed by atoms with van der Waals surface area (Å²) >= 11 is 1.57. The number of aromatic hydroxyl groups is 1. The molecule has 3 aliphatic heterocycles. The van der Waals surface area contributed by atoms with E-state index in [4.69, 9.17) is 14.2 Å². The van der Waals surface area contributed by atoms with Crippen LogP contribution >= 0.6 is 11.3 Å². The van der Waals surface area contributed by atoms with Crippen LogP contribution in [0.5, 0.6) is 11.5 Å². The quantitative estimate of drug-likeness (QED) is 0.108. The standard InChI is InChI=1S/C44H62N6O7S/c1-5-32(4)50(22-18-45-17-11-35-9-10-37(51)40-41(35)56-28-38(52)47-40)39(53)14-25-55-24-13-34-8-6-7-33(27-34)12-19-48-20-15-44(16-21-48)30-49(23-26-57-44)43(54)36-29-58-42(46-36)31(2)3/h6-10,27,29,31-32,45,51H,5,11-26,28,30H2,1-4H3,(H,47,52)/t32-/m1/s1. The predicted molar refractivity (Wildman–Crippen MR) is 226 cm³/mol. The van der Waals surface area contributed by atoms with Gasteiger partial charge in [0, 0.05) is 56.6 Å². The lowest BCUT2D eigenvalue weighted by Crippen LogP contribution is -2.58. The van der Waals surface area contributed by atoms with Crippen molar-refractivity contribution in [2.24, 2.45) is 0 Å². The first-order valence-corrected chi connectivity index (χ1v) is 22.0. The van der Waals surface area contributed by atoms with Crippen molar-refractivity contribution in [1.29, 1.82) is 0 Å². The number of piperidine rings is 1. The zero-order valence-corrected chi connectivity index (χ0v) is 35.5. The number of thiazole rings is 1. The third kappa shape index (κ3) is 11.6. The summed E-state index contributed by atoms with van der Waals surface area (Å²) in [6.07, 6.45) is 5.46. The van der Waals surface area contributed by atoms with E-state index in [1.54, 1.807) is 17.4 Å². The van der Waals surface area contributed by atoms with E-state index in [-0.39, 0.29) is 41.7 Å². The van der Waals surface area contributed by atoms with Gasteiger partial charge in [-0.2, -0.15) is 0 Å². The highest BCUT2D eigenvalue weighted by atomic mass is 32.1. The van der Waals surface area contributed by atoms with Crippen molar-refractivity contribution in [3.05, 3.63) is 69.2 Å². The third-order valence-corrected chi connectivity index (χ3v) is 12.8. The minimum atomic E-state index is -0.286. The summed E-state index contributed by atoms with van der Waals surface area (Å²) < 4.78 is 17.9. The van der Waals surface area contributed by atoms with Gasteiger partial charge in [-0.05, 0) is 74.8 Å². The van der Waals surface area contributed by atoms with Crippen LogP contribution in [0.1, 0.15) is 91.5 Å². The van der Waals surface area contributed by atoms with E-state index in [0.29, 0.717) is 88.4 Å². The van der Waals surface area contributed by atoms with E-state index in [2.05, 4.69) is 72.5 Å². The van der Waals surface area contributed by atoms with Crippen LogP contribution in [0.3, 0.4) is 0 Å². The fourth-order valence-corrected chi connectivity index (χ4v) is 8.72. The average molecular weight is 819 g/mol. The highest BCUT2D eigenvalue weighted by Gasteiger charge is 2.41. The second-order valence-corrected chi connectivity index (χ2v) is 17.0. The molecule has 1 spiro atoms. The number of carbonyl (C=O) groups is 3. The maximum Gasteiger partial charge on any atom is 0.273 e. The van der Waals surface area contributed by atoms with Crippen LogP contribution in [0.4, 0.5) is 5.69 Å². The molecular weight excluding hydrogens is 757 g/mol. The molecule has 0 unspecified atom stereocenters. The Morgan fingerprint density at radius 1 is 1.07 bits per heavy atom. The topological polar surface area (TPSA) is 146 Å². The molecule has 0 saturated carbocycles. The number of phenols is 1. The number of rotatable bonds is 19. The number of nitrogens with one attached hydrogen (secondary N) is 2. The Bertz CT molecular complexity index is 1840. The molecule has 3 aromatic rings. The summed E-state index contributed by atoms with van der Waals surface area (Å²) in [5.74, 6) is 0.651. The summed E-state index contributed by atoms with van der Waals surface area (Å²) in [7, 11) is 0. The van der Waals surface area contributed by atoms with Crippen molar-refractivity contribution in [1.82, 2.24) is 25.0 Å². The minimum absolute atomic E-state index is 0.0115. The van der Waals surface area contributed by atoms with Gasteiger partial charge in [0.25, 0.3) is 11.8 Å². The highest BCUT2D eigenvalue weighted by molar-refractivity contribution is 7.09. The molecule has 6 rings (SSSR count). The van der Waals surface area contributed by atoms with Crippen LogP contribution in [0.25, 0.3) is 0 Å². The Hall–Kier alpha value is -4.08. The third-order valence-electron chi connectivity index (χ3n) is 11.6. The van der Waals surface area contributed by atoms with Crippen LogP contribution < -0.4 is 15.4 Å². The van der Waals surface area contributed by atoms with Gasteiger partial charge >= 0.3 is 0 Å². The van der Waals surface area contributed by atoms with E-state index in [9.17, 15) is 19.5 Å². The number of amides is 3. The molecule has 1 aromatic heterocycles. The van der Waals surface area contributed by atoms with Crippen LogP contribution in [0, 0.1) is 0 Å². The Balaban J connectivity index is 0.861. The van der Waals surface area contributed by atoms with Crippen molar-refractivity contribution in [2.75, 3.05) is 84.1 Å². The summed E-state index contributed by atoms with van der Waals surface area (Å²) in [5.41, 5.74) is 4.06. The van der Waals surface area contributed by atoms with Gasteiger partial charge < -0.3 is 44.7 Å². The molecule has 14 heteroatoms. The zero-order valence-electron chi connectivity index (χ0n) is 34.7. The van der Waals surface area contributed by atoms with Crippen molar-refractivity contribution < 1.29 is 33.7 Å². The monoisotopic (exact) mass is 818 g/mol.